The molecule has 0 aliphatic heterocycles. The van der Waals surface area contributed by atoms with Crippen LogP contribution < -0.4 is 5.32 Å². The summed E-state index contributed by atoms with van der Waals surface area (Å²) in [5, 5.41) is 22.6. The van der Waals surface area contributed by atoms with E-state index < -0.39 is 10.8 Å². The van der Waals surface area contributed by atoms with Gasteiger partial charge in [0, 0.05) is 12.1 Å². The van der Waals surface area contributed by atoms with Gasteiger partial charge in [0.25, 0.3) is 11.6 Å². The average Bonchev–Trinajstić information content (AvgIpc) is 2.41. The van der Waals surface area contributed by atoms with Crippen molar-refractivity contribution >= 4 is 33.2 Å². The van der Waals surface area contributed by atoms with Crippen LogP contribution in [-0.4, -0.2) is 20.9 Å². The number of phenols is 1. The van der Waals surface area contributed by atoms with Crippen molar-refractivity contribution < 1.29 is 14.8 Å². The molecule has 0 saturated heterocycles. The predicted molar refractivity (Wildman–Crippen MR) is 74.7 cm³/mol. The standard InChI is InChI=1S/C12H8BrN3O4/c13-11-3-1-2-8(14-11)12(18)15-9-6-7(16(19)20)4-5-10(9)17/h1-6,17H,(H,15,18). The van der Waals surface area contributed by atoms with Crippen LogP contribution in [-0.2, 0) is 0 Å². The minimum atomic E-state index is -0.619. The normalized spacial score (nSPS) is 10.1. The summed E-state index contributed by atoms with van der Waals surface area (Å²) < 4.78 is 0.480. The van der Waals surface area contributed by atoms with E-state index in [9.17, 15) is 20.0 Å². The molecule has 0 saturated carbocycles. The molecule has 8 heteroatoms. The largest absolute Gasteiger partial charge is 0.506 e. The van der Waals surface area contributed by atoms with E-state index in [1.807, 2.05) is 0 Å². The molecule has 2 N–H and O–H groups in total. The highest BCUT2D eigenvalue weighted by Crippen LogP contribution is 2.28. The van der Waals surface area contributed by atoms with Gasteiger partial charge in [-0.15, -0.1) is 0 Å². The van der Waals surface area contributed by atoms with Gasteiger partial charge in [0.2, 0.25) is 0 Å². The molecule has 0 spiro atoms. The fourth-order valence-corrected chi connectivity index (χ4v) is 1.80. The van der Waals surface area contributed by atoms with Crippen LogP contribution in [0.2, 0.25) is 0 Å². The topological polar surface area (TPSA) is 105 Å². The Kier molecular flexibility index (Phi) is 3.94. The van der Waals surface area contributed by atoms with E-state index in [2.05, 4.69) is 26.2 Å². The van der Waals surface area contributed by atoms with Crippen molar-refractivity contribution in [2.24, 2.45) is 0 Å². The molecule has 0 atom stereocenters. The van der Waals surface area contributed by atoms with Gasteiger partial charge in [0.05, 0.1) is 10.6 Å². The first-order valence-corrected chi connectivity index (χ1v) is 6.18. The van der Waals surface area contributed by atoms with E-state index >= 15 is 0 Å². The molecular weight excluding hydrogens is 330 g/mol. The fraction of sp³-hybridized carbons (Fsp3) is 0. The van der Waals surface area contributed by atoms with Crippen molar-refractivity contribution in [3.05, 3.63) is 56.8 Å². The molecule has 0 aliphatic carbocycles. The summed E-state index contributed by atoms with van der Waals surface area (Å²) >= 11 is 3.13. The first-order valence-electron chi connectivity index (χ1n) is 5.38. The minimum Gasteiger partial charge on any atom is -0.506 e. The number of halogens is 1. The summed E-state index contributed by atoms with van der Waals surface area (Å²) in [5.74, 6) is -0.846. The van der Waals surface area contributed by atoms with Crippen molar-refractivity contribution in [2.75, 3.05) is 5.32 Å². The predicted octanol–water partition coefficient (Wildman–Crippen LogP) is 2.71. The molecule has 2 rings (SSSR count). The Hall–Kier alpha value is -2.48. The Balaban J connectivity index is 2.27. The van der Waals surface area contributed by atoms with Gasteiger partial charge in [-0.25, -0.2) is 4.98 Å². The lowest BCUT2D eigenvalue weighted by Gasteiger charge is -2.06. The van der Waals surface area contributed by atoms with Crippen LogP contribution in [0.25, 0.3) is 0 Å². The van der Waals surface area contributed by atoms with Gasteiger partial charge in [-0.2, -0.15) is 0 Å². The number of nitrogens with one attached hydrogen (secondary N) is 1. The number of benzene rings is 1. The van der Waals surface area contributed by atoms with Crippen molar-refractivity contribution in [2.45, 2.75) is 0 Å². The van der Waals surface area contributed by atoms with Gasteiger partial charge in [0.1, 0.15) is 16.0 Å². The monoisotopic (exact) mass is 337 g/mol. The Morgan fingerprint density at radius 1 is 1.35 bits per heavy atom. The Labute approximate surface area is 121 Å². The van der Waals surface area contributed by atoms with Gasteiger partial charge in [-0.3, -0.25) is 14.9 Å². The number of phenolic OH excluding ortho intramolecular Hbond substituents is 1. The number of rotatable bonds is 3. The van der Waals surface area contributed by atoms with Gasteiger partial charge >= 0.3 is 0 Å². The maximum Gasteiger partial charge on any atom is 0.274 e. The van der Waals surface area contributed by atoms with Crippen molar-refractivity contribution in [1.82, 2.24) is 4.98 Å². The van der Waals surface area contributed by atoms with Crippen LogP contribution in [0, 0.1) is 10.1 Å². The van der Waals surface area contributed by atoms with Crippen LogP contribution in [0.3, 0.4) is 0 Å². The maximum absolute atomic E-state index is 11.9. The van der Waals surface area contributed by atoms with E-state index in [1.54, 1.807) is 12.1 Å². The molecule has 0 aliphatic rings. The van der Waals surface area contributed by atoms with E-state index in [0.717, 1.165) is 18.2 Å². The number of aromatic nitrogens is 1. The van der Waals surface area contributed by atoms with Gasteiger partial charge in [0.15, 0.2) is 0 Å². The highest BCUT2D eigenvalue weighted by Gasteiger charge is 2.14. The number of carbonyl (C=O) groups is 1. The van der Waals surface area contributed by atoms with Crippen molar-refractivity contribution in [1.29, 1.82) is 0 Å². The SMILES string of the molecule is O=C(Nc1cc([N+](=O)[O-])ccc1O)c1cccc(Br)n1. The number of pyridine rings is 1. The molecule has 0 bridgehead atoms. The number of amides is 1. The van der Waals surface area contributed by atoms with Crippen LogP contribution in [0.15, 0.2) is 41.0 Å². The zero-order valence-electron chi connectivity index (χ0n) is 9.91. The molecule has 0 fully saturated rings. The molecule has 0 radical (unpaired) electrons. The number of hydrogen-bond donors (Lipinski definition) is 2. The summed E-state index contributed by atoms with van der Waals surface area (Å²) in [6.07, 6.45) is 0. The number of nitro benzene ring substituents is 1. The third-order valence-electron chi connectivity index (χ3n) is 2.39. The van der Waals surface area contributed by atoms with Gasteiger partial charge < -0.3 is 10.4 Å². The van der Waals surface area contributed by atoms with Crippen molar-refractivity contribution in [3.8, 4) is 5.75 Å². The zero-order chi connectivity index (χ0) is 14.7. The summed E-state index contributed by atoms with van der Waals surface area (Å²) in [4.78, 5) is 25.9. The average molecular weight is 338 g/mol. The third kappa shape index (κ3) is 3.09. The van der Waals surface area contributed by atoms with Crippen LogP contribution in [0.5, 0.6) is 5.75 Å². The number of non-ortho nitro benzene ring substituents is 1. The number of hydrogen-bond acceptors (Lipinski definition) is 5. The third-order valence-corrected chi connectivity index (χ3v) is 2.83. The van der Waals surface area contributed by atoms with Crippen molar-refractivity contribution in [3.63, 3.8) is 0 Å². The molecular formula is C12H8BrN3O4. The minimum absolute atomic E-state index is 0.0500. The molecule has 0 unspecified atom stereocenters. The fourth-order valence-electron chi connectivity index (χ4n) is 1.46. The summed E-state index contributed by atoms with van der Waals surface area (Å²) in [6, 6.07) is 8.12. The van der Waals surface area contributed by atoms with E-state index in [0.29, 0.717) is 4.60 Å². The second-order valence-corrected chi connectivity index (χ2v) is 4.57. The van der Waals surface area contributed by atoms with Crippen LogP contribution >= 0.6 is 15.9 Å². The number of nitro groups is 1. The summed E-state index contributed by atoms with van der Waals surface area (Å²) in [6.45, 7) is 0. The highest BCUT2D eigenvalue weighted by atomic mass is 79.9. The van der Waals surface area contributed by atoms with Gasteiger partial charge in [-0.05, 0) is 34.1 Å². The zero-order valence-corrected chi connectivity index (χ0v) is 11.5. The summed E-state index contributed by atoms with van der Waals surface area (Å²) in [5.41, 5.74) is -0.170. The first-order chi connectivity index (χ1) is 9.47. The lowest BCUT2D eigenvalue weighted by Crippen LogP contribution is -2.13. The highest BCUT2D eigenvalue weighted by molar-refractivity contribution is 9.10. The number of carbonyl (C=O) groups excluding carboxylic acids is 1. The molecule has 1 amide bonds. The van der Waals surface area contributed by atoms with E-state index in [-0.39, 0.29) is 22.8 Å². The Bertz CT molecular complexity index is 690. The maximum atomic E-state index is 11.9. The molecule has 1 heterocycles. The Morgan fingerprint density at radius 2 is 2.10 bits per heavy atom. The molecule has 7 nitrogen and oxygen atoms in total. The van der Waals surface area contributed by atoms with Gasteiger partial charge in [-0.1, -0.05) is 6.07 Å². The molecule has 1 aromatic heterocycles. The molecule has 102 valence electrons. The van der Waals surface area contributed by atoms with E-state index in [1.165, 1.54) is 6.07 Å². The summed E-state index contributed by atoms with van der Waals surface area (Å²) in [7, 11) is 0. The number of aromatic hydroxyl groups is 1. The Morgan fingerprint density at radius 3 is 2.75 bits per heavy atom. The number of nitrogens with zero attached hydrogens (tertiary/aromatic N) is 2. The smallest absolute Gasteiger partial charge is 0.274 e. The molecule has 20 heavy (non-hydrogen) atoms. The van der Waals surface area contributed by atoms with Crippen LogP contribution in [0.1, 0.15) is 10.5 Å². The lowest BCUT2D eigenvalue weighted by molar-refractivity contribution is -0.384. The number of anilines is 1. The first kappa shape index (κ1) is 13.9. The van der Waals surface area contributed by atoms with Crippen LogP contribution in [0.4, 0.5) is 11.4 Å². The lowest BCUT2D eigenvalue weighted by atomic mass is 10.2. The second kappa shape index (κ2) is 5.66. The second-order valence-electron chi connectivity index (χ2n) is 3.76. The van der Waals surface area contributed by atoms with E-state index in [4.69, 9.17) is 0 Å². The quantitative estimate of drug-likeness (QED) is 0.387. The molecule has 1 aromatic carbocycles. The molecule has 2 aromatic rings.